The van der Waals surface area contributed by atoms with Crippen molar-refractivity contribution in [2.75, 3.05) is 4.90 Å². The lowest BCUT2D eigenvalue weighted by molar-refractivity contribution is 0.0607. The number of rotatable bonds is 3. The van der Waals surface area contributed by atoms with Crippen LogP contribution in [0.5, 0.6) is 17.2 Å². The number of anilines is 1. The summed E-state index contributed by atoms with van der Waals surface area (Å²) in [5.41, 5.74) is 1.34. The lowest BCUT2D eigenvalue weighted by atomic mass is 9.41. The average molecular weight is 489 g/mol. The molecule has 0 N–H and O–H groups in total. The SMILES string of the molecule is BC1(B)CC(Oc2ccc3c(c2)OC(B)(B)C(B)(B)O3)CC(B)(B)N1c1nn2c(=O)ccnc2cc1C. The maximum Gasteiger partial charge on any atom is 0.274 e. The molecule has 182 valence electrons. The largest absolute Gasteiger partial charge is 0.499 e. The summed E-state index contributed by atoms with van der Waals surface area (Å²) in [4.78, 5) is 19.1. The van der Waals surface area contributed by atoms with E-state index >= 15 is 0 Å². The fraction of sp³-hybridized carbons (Fsp3) is 0.381. The highest BCUT2D eigenvalue weighted by Gasteiger charge is 2.47. The highest BCUT2D eigenvalue weighted by Crippen LogP contribution is 2.43. The van der Waals surface area contributed by atoms with E-state index in [-0.39, 0.29) is 22.3 Å². The van der Waals surface area contributed by atoms with Crippen molar-refractivity contribution < 1.29 is 14.2 Å². The second-order valence-corrected chi connectivity index (χ2v) is 12.6. The van der Waals surface area contributed by atoms with Gasteiger partial charge in [-0.05, 0) is 54.2 Å². The number of aryl methyl sites for hydroxylation is 1. The molecule has 4 heterocycles. The van der Waals surface area contributed by atoms with Crippen LogP contribution in [0.15, 0.2) is 41.3 Å². The van der Waals surface area contributed by atoms with Gasteiger partial charge in [-0.2, -0.15) is 4.52 Å². The number of hydrogen-bond acceptors (Lipinski definition) is 7. The van der Waals surface area contributed by atoms with Gasteiger partial charge in [-0.15, -0.1) is 5.10 Å². The Bertz CT molecular complexity index is 1430. The van der Waals surface area contributed by atoms with E-state index in [9.17, 15) is 4.79 Å². The van der Waals surface area contributed by atoms with Crippen LogP contribution < -0.4 is 24.7 Å². The molecule has 0 saturated carbocycles. The number of hydrogen-bond donors (Lipinski definition) is 0. The summed E-state index contributed by atoms with van der Waals surface area (Å²) in [6, 6.07) is 9.19. The second-order valence-electron chi connectivity index (χ2n) is 12.6. The molecule has 5 rings (SSSR count). The van der Waals surface area contributed by atoms with Gasteiger partial charge in [0, 0.05) is 18.3 Å². The zero-order valence-corrected chi connectivity index (χ0v) is 23.4. The van der Waals surface area contributed by atoms with Crippen LogP contribution in [-0.4, -0.2) is 105 Å². The lowest BCUT2D eigenvalue weighted by Crippen LogP contribution is -2.70. The zero-order chi connectivity index (χ0) is 27.0. The second kappa shape index (κ2) is 8.37. The van der Waals surface area contributed by atoms with E-state index in [1.165, 1.54) is 16.8 Å². The zero-order valence-electron chi connectivity index (χ0n) is 23.4. The van der Waals surface area contributed by atoms with Crippen molar-refractivity contribution in [3.05, 3.63) is 52.4 Å². The minimum absolute atomic E-state index is 0.0154. The van der Waals surface area contributed by atoms with E-state index in [1.807, 2.05) is 62.6 Å². The summed E-state index contributed by atoms with van der Waals surface area (Å²) in [5, 5.41) is 3.27. The molecule has 2 aromatic heterocycles. The quantitative estimate of drug-likeness (QED) is 0.340. The van der Waals surface area contributed by atoms with Crippen molar-refractivity contribution in [3.8, 4) is 17.2 Å². The van der Waals surface area contributed by atoms with Crippen LogP contribution in [0, 0.1) is 6.92 Å². The minimum Gasteiger partial charge on any atom is -0.499 e. The van der Waals surface area contributed by atoms with Crippen molar-refractivity contribution in [3.63, 3.8) is 0 Å². The first-order valence-electron chi connectivity index (χ1n) is 12.9. The van der Waals surface area contributed by atoms with E-state index in [1.54, 1.807) is 0 Å². The normalized spacial score (nSPS) is 21.4. The Labute approximate surface area is 224 Å². The van der Waals surface area contributed by atoms with Crippen LogP contribution in [0.1, 0.15) is 18.4 Å². The van der Waals surface area contributed by atoms with Gasteiger partial charge in [-0.3, -0.25) is 4.79 Å². The molecule has 0 amide bonds. The van der Waals surface area contributed by atoms with Crippen molar-refractivity contribution in [2.24, 2.45) is 0 Å². The number of aromatic nitrogens is 3. The highest BCUT2D eigenvalue weighted by atomic mass is 16.6. The van der Waals surface area contributed by atoms with Crippen LogP contribution in [0.25, 0.3) is 5.65 Å². The van der Waals surface area contributed by atoms with Gasteiger partial charge < -0.3 is 19.1 Å². The number of nitrogens with zero attached hydrogens (tertiary/aromatic N) is 4. The predicted octanol–water partition coefficient (Wildman–Crippen LogP) is -6.10. The smallest absolute Gasteiger partial charge is 0.274 e. The van der Waals surface area contributed by atoms with E-state index in [0.29, 0.717) is 11.4 Å². The molecule has 2 aliphatic heterocycles. The Balaban J connectivity index is 1.43. The molecular weight excluding hydrogens is 459 g/mol. The molecule has 3 aromatic rings. The van der Waals surface area contributed by atoms with Gasteiger partial charge in [0.05, 0.1) is 10.8 Å². The van der Waals surface area contributed by atoms with Gasteiger partial charge in [0.1, 0.15) is 74.6 Å². The van der Waals surface area contributed by atoms with E-state index in [4.69, 9.17) is 19.3 Å². The van der Waals surface area contributed by atoms with Gasteiger partial charge in [0.15, 0.2) is 23.0 Å². The predicted molar refractivity (Wildman–Crippen MR) is 167 cm³/mol. The van der Waals surface area contributed by atoms with Crippen molar-refractivity contribution in [2.45, 2.75) is 47.3 Å². The van der Waals surface area contributed by atoms with E-state index < -0.39 is 10.8 Å². The first-order valence-corrected chi connectivity index (χ1v) is 12.9. The average Bonchev–Trinajstić information content (AvgIpc) is 2.74. The van der Waals surface area contributed by atoms with Gasteiger partial charge in [0.2, 0.25) is 0 Å². The molecule has 37 heavy (non-hydrogen) atoms. The summed E-state index contributed by atoms with van der Waals surface area (Å²) in [6.45, 7) is 2.02. The summed E-state index contributed by atoms with van der Waals surface area (Å²) in [6.07, 6.45) is 3.07. The van der Waals surface area contributed by atoms with Gasteiger partial charge in [0.25, 0.3) is 5.56 Å². The molecule has 8 nitrogen and oxygen atoms in total. The molecule has 1 fully saturated rings. The maximum absolute atomic E-state index is 12.5. The fourth-order valence-electron chi connectivity index (χ4n) is 5.83. The molecule has 1 aromatic carbocycles. The van der Waals surface area contributed by atoms with Gasteiger partial charge in [-0.1, -0.05) is 0 Å². The van der Waals surface area contributed by atoms with Crippen molar-refractivity contribution in [1.82, 2.24) is 14.6 Å². The Hall–Kier alpha value is -2.77. The molecular formula is C21H30B8N4O4. The number of fused-ring (bicyclic) bond motifs is 2. The third-order valence-electron chi connectivity index (χ3n) is 8.02. The standard InChI is InChI=1S/C21H30B8N4O4/c1-10-6-15-30-5-4-16(34)32(15)31-17(10)33-18(22,23)8-12(9-19(33,24)25)35-11-2-3-13-14(7-11)37-21(28,29)20(26,27)36-13/h2-7,12H,8-9,22-29H2,1H3. The Kier molecular flexibility index (Phi) is 5.85. The molecule has 1 saturated heterocycles. The molecule has 2 aliphatic rings. The van der Waals surface area contributed by atoms with Crippen LogP contribution in [0.2, 0.25) is 0 Å². The summed E-state index contributed by atoms with van der Waals surface area (Å²) in [5.74, 6) is 2.99. The van der Waals surface area contributed by atoms with Gasteiger partial charge in [-0.25, -0.2) is 4.98 Å². The molecule has 0 aliphatic carbocycles. The molecule has 16 heteroatoms. The van der Waals surface area contributed by atoms with E-state index in [2.05, 4.69) is 41.3 Å². The first-order chi connectivity index (χ1) is 17.1. The molecule has 0 unspecified atom stereocenters. The topological polar surface area (TPSA) is 78.2 Å². The first kappa shape index (κ1) is 25.9. The van der Waals surface area contributed by atoms with Crippen LogP contribution >= 0.6 is 0 Å². The molecule has 0 atom stereocenters. The van der Waals surface area contributed by atoms with E-state index in [0.717, 1.165) is 35.7 Å². The Morgan fingerprint density at radius 1 is 0.919 bits per heavy atom. The van der Waals surface area contributed by atoms with Crippen LogP contribution in [0.4, 0.5) is 5.82 Å². The number of benzene rings is 1. The van der Waals surface area contributed by atoms with Crippen molar-refractivity contribution >= 4 is 74.2 Å². The minimum atomic E-state index is -0.476. The number of piperidine rings is 1. The third-order valence-corrected chi connectivity index (χ3v) is 8.02. The Morgan fingerprint density at radius 2 is 1.54 bits per heavy atom. The Morgan fingerprint density at radius 3 is 2.19 bits per heavy atom. The third kappa shape index (κ3) is 4.46. The lowest BCUT2D eigenvalue weighted by Gasteiger charge is -2.57. The molecule has 0 bridgehead atoms. The monoisotopic (exact) mass is 490 g/mol. The van der Waals surface area contributed by atoms with Crippen molar-refractivity contribution in [1.29, 1.82) is 0 Å². The summed E-state index contributed by atoms with van der Waals surface area (Å²) in [7, 11) is 17.0. The van der Waals surface area contributed by atoms with Crippen LogP contribution in [-0.2, 0) is 0 Å². The summed E-state index contributed by atoms with van der Waals surface area (Å²) >= 11 is 0. The highest BCUT2D eigenvalue weighted by molar-refractivity contribution is 6.53. The van der Waals surface area contributed by atoms with Crippen LogP contribution in [0.3, 0.4) is 0 Å². The molecule has 0 spiro atoms. The summed E-state index contributed by atoms with van der Waals surface area (Å²) < 4.78 is 20.5. The molecule has 0 radical (unpaired) electrons. The fourth-order valence-corrected chi connectivity index (χ4v) is 5.83. The maximum atomic E-state index is 12.5. The number of ether oxygens (including phenoxy) is 3. The van der Waals surface area contributed by atoms with Gasteiger partial charge >= 0.3 is 0 Å².